The quantitative estimate of drug-likeness (QED) is 0.495. The molecule has 5 heteroatoms. The molecule has 0 aliphatic heterocycles. The largest absolute Gasteiger partial charge is 0.748 e. The Morgan fingerprint density at radius 3 is 1.24 bits per heavy atom. The summed E-state index contributed by atoms with van der Waals surface area (Å²) in [6.07, 6.45) is 0.302. The van der Waals surface area contributed by atoms with Gasteiger partial charge in [-0.1, -0.05) is 54.6 Å². The molecule has 0 N–H and O–H groups in total. The van der Waals surface area contributed by atoms with Crippen molar-refractivity contribution in [3.63, 3.8) is 0 Å². The summed E-state index contributed by atoms with van der Waals surface area (Å²) in [4.78, 5) is 0. The third-order valence-corrected chi connectivity index (χ3v) is 9.71. The van der Waals surface area contributed by atoms with Gasteiger partial charge in [-0.25, -0.2) is 8.42 Å². The molecule has 0 amide bonds. The van der Waals surface area contributed by atoms with Crippen molar-refractivity contribution in [1.29, 1.82) is 0 Å². The van der Waals surface area contributed by atoms with Gasteiger partial charge in [0.1, 0.15) is 23.2 Å². The molecule has 0 atom stereocenters. The lowest BCUT2D eigenvalue weighted by Crippen LogP contribution is -2.35. The Hall–Kier alpha value is -2.00. The third kappa shape index (κ3) is 3.98. The van der Waals surface area contributed by atoms with Crippen molar-refractivity contribution in [3.05, 3.63) is 91.0 Å². The van der Waals surface area contributed by atoms with Crippen LogP contribution in [0.4, 0.5) is 0 Å². The van der Waals surface area contributed by atoms with Crippen molar-refractivity contribution in [2.45, 2.75) is 0 Å². The number of rotatable bonds is 6. The first kappa shape index (κ1) is 17.8. The van der Waals surface area contributed by atoms with E-state index in [4.69, 9.17) is 0 Å². The highest BCUT2D eigenvalue weighted by molar-refractivity contribution is 7.96. The van der Waals surface area contributed by atoms with E-state index in [0.29, 0.717) is 6.16 Å². The molecule has 0 aromatic heterocycles. The Morgan fingerprint density at radius 1 is 0.640 bits per heavy atom. The second-order valence-electron chi connectivity index (χ2n) is 5.80. The Balaban J connectivity index is 2.27. The fourth-order valence-electron chi connectivity index (χ4n) is 3.13. The molecule has 25 heavy (non-hydrogen) atoms. The highest BCUT2D eigenvalue weighted by atomic mass is 32.2. The Kier molecular flexibility index (Phi) is 5.33. The van der Waals surface area contributed by atoms with Crippen LogP contribution >= 0.6 is 7.26 Å². The first-order chi connectivity index (χ1) is 12.0. The minimum Gasteiger partial charge on any atom is -0.748 e. The van der Waals surface area contributed by atoms with Crippen LogP contribution in [-0.4, -0.2) is 24.9 Å². The van der Waals surface area contributed by atoms with Gasteiger partial charge < -0.3 is 4.55 Å². The van der Waals surface area contributed by atoms with Crippen LogP contribution in [0.25, 0.3) is 0 Å². The SMILES string of the molecule is O=S(=O)([O-])CC[P+](c1ccccc1)(c1ccccc1)c1ccccc1. The van der Waals surface area contributed by atoms with E-state index in [1.807, 2.05) is 91.0 Å². The van der Waals surface area contributed by atoms with Crippen molar-refractivity contribution in [1.82, 2.24) is 0 Å². The standard InChI is InChI=1S/C20H19O3PS/c21-25(22,23)17-16-24(18-10-4-1-5-11-18,19-12-6-2-7-13-19)20-14-8-3-9-15-20/h1-15H,16-17H2. The molecule has 0 bridgehead atoms. The molecule has 128 valence electrons. The van der Waals surface area contributed by atoms with E-state index >= 15 is 0 Å². The minimum absolute atomic E-state index is 0.302. The van der Waals surface area contributed by atoms with Crippen molar-refractivity contribution < 1.29 is 13.0 Å². The normalized spacial score (nSPS) is 12.0. The number of hydrogen-bond acceptors (Lipinski definition) is 3. The molecule has 0 spiro atoms. The lowest BCUT2D eigenvalue weighted by atomic mass is 10.4. The van der Waals surface area contributed by atoms with Gasteiger partial charge in [0.05, 0.1) is 22.0 Å². The van der Waals surface area contributed by atoms with E-state index in [1.165, 1.54) is 0 Å². The molecular weight excluding hydrogens is 351 g/mol. The summed E-state index contributed by atoms with van der Waals surface area (Å²) in [7, 11) is -6.53. The predicted octanol–water partition coefficient (Wildman–Crippen LogP) is 2.53. The highest BCUT2D eigenvalue weighted by Gasteiger charge is 2.45. The van der Waals surface area contributed by atoms with E-state index in [1.54, 1.807) is 0 Å². The molecule has 0 aliphatic rings. The summed E-state index contributed by atoms with van der Waals surface area (Å²) < 4.78 is 34.3. The van der Waals surface area contributed by atoms with Crippen LogP contribution in [0.2, 0.25) is 0 Å². The number of hydrogen-bond donors (Lipinski definition) is 0. The van der Waals surface area contributed by atoms with Crippen LogP contribution in [0.1, 0.15) is 0 Å². The maximum atomic E-state index is 11.4. The molecule has 0 aliphatic carbocycles. The summed E-state index contributed by atoms with van der Waals surface area (Å²) in [5.41, 5.74) is 0. The maximum Gasteiger partial charge on any atom is 0.113 e. The van der Waals surface area contributed by atoms with Crippen molar-refractivity contribution in [2.24, 2.45) is 0 Å². The van der Waals surface area contributed by atoms with E-state index in [0.717, 1.165) is 15.9 Å². The zero-order valence-electron chi connectivity index (χ0n) is 13.7. The van der Waals surface area contributed by atoms with Gasteiger partial charge in [-0.15, -0.1) is 0 Å². The van der Waals surface area contributed by atoms with Crippen LogP contribution in [0.5, 0.6) is 0 Å². The molecule has 3 rings (SSSR count). The van der Waals surface area contributed by atoms with Crippen LogP contribution in [0, 0.1) is 0 Å². The van der Waals surface area contributed by atoms with Gasteiger partial charge >= 0.3 is 0 Å². The molecular formula is C20H19O3PS. The molecule has 0 saturated carbocycles. The van der Waals surface area contributed by atoms with Gasteiger partial charge in [-0.2, -0.15) is 0 Å². The summed E-state index contributed by atoms with van der Waals surface area (Å²) >= 11 is 0. The lowest BCUT2D eigenvalue weighted by Gasteiger charge is -2.28. The van der Waals surface area contributed by atoms with Crippen molar-refractivity contribution >= 4 is 33.3 Å². The fraction of sp³-hybridized carbons (Fsp3) is 0.100. The van der Waals surface area contributed by atoms with Gasteiger partial charge in [0.25, 0.3) is 0 Å². The van der Waals surface area contributed by atoms with Gasteiger partial charge in [0.2, 0.25) is 0 Å². The topological polar surface area (TPSA) is 57.2 Å². The molecule has 0 radical (unpaired) electrons. The van der Waals surface area contributed by atoms with Gasteiger partial charge in [0.15, 0.2) is 0 Å². The van der Waals surface area contributed by atoms with Crippen molar-refractivity contribution in [2.75, 3.05) is 11.9 Å². The monoisotopic (exact) mass is 370 g/mol. The minimum atomic E-state index is -4.30. The summed E-state index contributed by atoms with van der Waals surface area (Å²) in [6, 6.07) is 29.8. The fourth-order valence-corrected chi connectivity index (χ4v) is 8.83. The second kappa shape index (κ2) is 7.49. The average Bonchev–Trinajstić information content (AvgIpc) is 2.64. The van der Waals surface area contributed by atoms with Crippen molar-refractivity contribution in [3.8, 4) is 0 Å². The van der Waals surface area contributed by atoms with Crippen LogP contribution in [0.3, 0.4) is 0 Å². The maximum absolute atomic E-state index is 11.4. The summed E-state index contributed by atoms with van der Waals surface area (Å²) in [5, 5.41) is 3.24. The van der Waals surface area contributed by atoms with E-state index in [2.05, 4.69) is 0 Å². The average molecular weight is 370 g/mol. The molecule has 0 unspecified atom stereocenters. The third-order valence-electron chi connectivity index (χ3n) is 4.27. The second-order valence-corrected chi connectivity index (χ2v) is 10.9. The highest BCUT2D eigenvalue weighted by Crippen LogP contribution is 2.55. The Bertz CT molecular complexity index is 814. The molecule has 3 aromatic carbocycles. The summed E-state index contributed by atoms with van der Waals surface area (Å²) in [5.74, 6) is -0.376. The van der Waals surface area contributed by atoms with E-state index < -0.39 is 17.4 Å². The predicted molar refractivity (Wildman–Crippen MR) is 105 cm³/mol. The van der Waals surface area contributed by atoms with Gasteiger partial charge in [-0.3, -0.25) is 0 Å². The Morgan fingerprint density at radius 2 is 0.960 bits per heavy atom. The van der Waals surface area contributed by atoms with Crippen LogP contribution in [-0.2, 0) is 10.1 Å². The van der Waals surface area contributed by atoms with Crippen LogP contribution < -0.4 is 15.9 Å². The lowest BCUT2D eigenvalue weighted by molar-refractivity contribution is 0.465. The van der Waals surface area contributed by atoms with Crippen LogP contribution in [0.15, 0.2) is 91.0 Å². The molecule has 3 nitrogen and oxygen atoms in total. The molecule has 0 saturated heterocycles. The summed E-state index contributed by atoms with van der Waals surface area (Å²) in [6.45, 7) is 0. The first-order valence-electron chi connectivity index (χ1n) is 8.01. The number of benzene rings is 3. The zero-order chi connectivity index (χ0) is 17.8. The van der Waals surface area contributed by atoms with Gasteiger partial charge in [0, 0.05) is 0 Å². The smallest absolute Gasteiger partial charge is 0.113 e. The van der Waals surface area contributed by atoms with Gasteiger partial charge in [-0.05, 0) is 36.4 Å². The molecule has 0 heterocycles. The van der Waals surface area contributed by atoms with E-state index in [-0.39, 0.29) is 5.75 Å². The molecule has 3 aromatic rings. The molecule has 0 fully saturated rings. The Labute approximate surface area is 149 Å². The first-order valence-corrected chi connectivity index (χ1v) is 11.6. The zero-order valence-corrected chi connectivity index (χ0v) is 15.4. The van der Waals surface area contributed by atoms with E-state index in [9.17, 15) is 13.0 Å².